The van der Waals surface area contributed by atoms with E-state index in [1.165, 1.54) is 5.56 Å². The highest BCUT2D eigenvalue weighted by molar-refractivity contribution is 6.04. The molecule has 1 amide bonds. The fourth-order valence-corrected chi connectivity index (χ4v) is 3.45. The number of H-pyrrole nitrogens is 1. The van der Waals surface area contributed by atoms with Gasteiger partial charge in [-0.2, -0.15) is 10.3 Å². The molecule has 3 heterocycles. The topological polar surface area (TPSA) is 113 Å². The number of carbonyl (C=O) groups is 1. The average Bonchev–Trinajstić information content (AvgIpc) is 3.37. The van der Waals surface area contributed by atoms with Crippen LogP contribution >= 0.6 is 0 Å². The second kappa shape index (κ2) is 7.44. The normalized spacial score (nSPS) is 15.1. The van der Waals surface area contributed by atoms with E-state index in [2.05, 4.69) is 42.4 Å². The largest absolute Gasteiger partial charge is 0.317 e. The predicted molar refractivity (Wildman–Crippen MR) is 94.7 cm³/mol. The Bertz CT molecular complexity index is 853. The summed E-state index contributed by atoms with van der Waals surface area (Å²) < 4.78 is 1.84. The Balaban J connectivity index is 1.70. The number of nitrogens with one attached hydrogen (secondary N) is 3. The molecule has 3 aromatic rings. The van der Waals surface area contributed by atoms with Crippen molar-refractivity contribution in [3.05, 3.63) is 53.3 Å². The zero-order valence-electron chi connectivity index (χ0n) is 14.2. The summed E-state index contributed by atoms with van der Waals surface area (Å²) in [6.45, 7) is 2.53. The van der Waals surface area contributed by atoms with E-state index in [0.717, 1.165) is 31.5 Å². The van der Waals surface area contributed by atoms with Gasteiger partial charge >= 0.3 is 0 Å². The molecule has 26 heavy (non-hydrogen) atoms. The summed E-state index contributed by atoms with van der Waals surface area (Å²) >= 11 is 0. The van der Waals surface area contributed by atoms with E-state index in [1.807, 2.05) is 29.1 Å². The van der Waals surface area contributed by atoms with E-state index in [9.17, 15) is 4.79 Å². The van der Waals surface area contributed by atoms with Crippen LogP contribution < -0.4 is 10.6 Å². The Morgan fingerprint density at radius 3 is 2.88 bits per heavy atom. The van der Waals surface area contributed by atoms with Crippen LogP contribution in [0.3, 0.4) is 0 Å². The maximum absolute atomic E-state index is 12.8. The van der Waals surface area contributed by atoms with Gasteiger partial charge in [0, 0.05) is 18.0 Å². The Labute approximate surface area is 150 Å². The molecule has 3 N–H and O–H groups in total. The van der Waals surface area contributed by atoms with E-state index in [-0.39, 0.29) is 11.9 Å². The number of benzene rings is 1. The van der Waals surface area contributed by atoms with Gasteiger partial charge in [-0.1, -0.05) is 17.2 Å². The molecule has 1 aliphatic rings. The molecule has 1 aliphatic heterocycles. The fourth-order valence-electron chi connectivity index (χ4n) is 3.45. The van der Waals surface area contributed by atoms with Crippen LogP contribution in [0, 0.1) is 0 Å². The van der Waals surface area contributed by atoms with Crippen molar-refractivity contribution in [1.82, 2.24) is 35.7 Å². The van der Waals surface area contributed by atoms with E-state index in [0.29, 0.717) is 18.0 Å². The molecule has 0 unspecified atom stereocenters. The van der Waals surface area contributed by atoms with Crippen LogP contribution in [0.2, 0.25) is 0 Å². The monoisotopic (exact) mass is 352 g/mol. The summed E-state index contributed by atoms with van der Waals surface area (Å²) in [6.07, 6.45) is 5.76. The highest BCUT2D eigenvalue weighted by Crippen LogP contribution is 2.30. The molecule has 0 radical (unpaired) electrons. The summed E-state index contributed by atoms with van der Waals surface area (Å²) in [6, 6.07) is 7.78. The van der Waals surface area contributed by atoms with Crippen LogP contribution in [0.4, 0.5) is 5.95 Å². The molecule has 1 fully saturated rings. The van der Waals surface area contributed by atoms with Crippen LogP contribution in [0.15, 0.2) is 36.7 Å². The van der Waals surface area contributed by atoms with E-state index >= 15 is 0 Å². The molecule has 9 nitrogen and oxygen atoms in total. The van der Waals surface area contributed by atoms with Gasteiger partial charge in [0.25, 0.3) is 11.9 Å². The van der Waals surface area contributed by atoms with E-state index < -0.39 is 0 Å². The second-order valence-corrected chi connectivity index (χ2v) is 6.29. The Morgan fingerprint density at radius 2 is 2.15 bits per heavy atom. The first-order valence-electron chi connectivity index (χ1n) is 8.66. The minimum Gasteiger partial charge on any atom is -0.317 e. The molecule has 2 aromatic heterocycles. The van der Waals surface area contributed by atoms with Gasteiger partial charge in [0.2, 0.25) is 0 Å². The molecule has 1 aromatic carbocycles. The lowest BCUT2D eigenvalue weighted by Gasteiger charge is -2.26. The van der Waals surface area contributed by atoms with E-state index in [1.54, 1.807) is 6.20 Å². The Morgan fingerprint density at radius 1 is 1.27 bits per heavy atom. The lowest BCUT2D eigenvalue weighted by Crippen LogP contribution is -2.28. The van der Waals surface area contributed by atoms with Crippen LogP contribution in [0.1, 0.15) is 40.2 Å². The molecule has 134 valence electrons. The number of hydrogen-bond acceptors (Lipinski definition) is 6. The molecule has 0 spiro atoms. The number of amides is 1. The number of rotatable bonds is 5. The van der Waals surface area contributed by atoms with Crippen molar-refractivity contribution < 1.29 is 4.79 Å². The maximum atomic E-state index is 12.8. The summed E-state index contributed by atoms with van der Waals surface area (Å²) in [5.74, 6) is 0.344. The van der Waals surface area contributed by atoms with Crippen LogP contribution in [-0.2, 0) is 6.54 Å². The van der Waals surface area contributed by atoms with Gasteiger partial charge in [-0.15, -0.1) is 5.10 Å². The van der Waals surface area contributed by atoms with Gasteiger partial charge in [0.15, 0.2) is 0 Å². The van der Waals surface area contributed by atoms with Crippen molar-refractivity contribution in [2.24, 2.45) is 0 Å². The molecule has 9 heteroatoms. The molecule has 0 aliphatic carbocycles. The van der Waals surface area contributed by atoms with Crippen LogP contribution in [-0.4, -0.2) is 49.4 Å². The summed E-state index contributed by atoms with van der Waals surface area (Å²) in [7, 11) is 0. The second-order valence-electron chi connectivity index (χ2n) is 6.29. The van der Waals surface area contributed by atoms with Crippen molar-refractivity contribution in [2.75, 3.05) is 18.4 Å². The maximum Gasteiger partial charge on any atom is 0.270 e. The van der Waals surface area contributed by atoms with Crippen LogP contribution in [0.25, 0.3) is 0 Å². The van der Waals surface area contributed by atoms with Gasteiger partial charge < -0.3 is 5.32 Å². The lowest BCUT2D eigenvalue weighted by atomic mass is 9.85. The highest BCUT2D eigenvalue weighted by Gasteiger charge is 2.23. The standard InChI is InChI=1S/C17H20N8O/c26-16(20-17-21-23-24-22-17)14-4-1-3-13(12-5-8-18-9-6-12)15(14)11-25-10-2-7-19-25/h1-4,7,10,12,18H,5-6,8-9,11H2,(H2,20,21,22,23,24,26). The summed E-state index contributed by atoms with van der Waals surface area (Å²) in [4.78, 5) is 12.8. The quantitative estimate of drug-likeness (QED) is 0.635. The van der Waals surface area contributed by atoms with Crippen molar-refractivity contribution >= 4 is 11.9 Å². The Hall–Kier alpha value is -3.07. The van der Waals surface area contributed by atoms with E-state index in [4.69, 9.17) is 0 Å². The average molecular weight is 352 g/mol. The minimum absolute atomic E-state index is 0.160. The van der Waals surface area contributed by atoms with Gasteiger partial charge in [-0.05, 0) is 60.3 Å². The van der Waals surface area contributed by atoms with Crippen molar-refractivity contribution in [1.29, 1.82) is 0 Å². The lowest BCUT2D eigenvalue weighted by molar-refractivity contribution is 0.102. The van der Waals surface area contributed by atoms with Gasteiger partial charge in [0.1, 0.15) is 0 Å². The number of hydrogen-bond donors (Lipinski definition) is 3. The zero-order chi connectivity index (χ0) is 17.8. The molecular formula is C17H20N8O. The number of aromatic amines is 1. The minimum atomic E-state index is -0.246. The number of tetrazole rings is 1. The molecule has 0 saturated carbocycles. The predicted octanol–water partition coefficient (Wildman–Crippen LogP) is 1.16. The third kappa shape index (κ3) is 3.47. The van der Waals surface area contributed by atoms with Gasteiger partial charge in [0.05, 0.1) is 6.54 Å². The third-order valence-electron chi connectivity index (χ3n) is 4.69. The summed E-state index contributed by atoms with van der Waals surface area (Å²) in [5, 5.41) is 23.8. The molecule has 1 saturated heterocycles. The molecule has 0 atom stereocenters. The molecule has 4 rings (SSSR count). The number of anilines is 1. The summed E-state index contributed by atoms with van der Waals surface area (Å²) in [5.41, 5.74) is 2.81. The molecule has 0 bridgehead atoms. The first-order valence-corrected chi connectivity index (χ1v) is 8.66. The SMILES string of the molecule is O=C(Nc1nn[nH]n1)c1cccc(C2CCNCC2)c1Cn1cccn1. The van der Waals surface area contributed by atoms with Gasteiger partial charge in [-0.25, -0.2) is 0 Å². The number of carbonyl (C=O) groups excluding carboxylic acids is 1. The third-order valence-corrected chi connectivity index (χ3v) is 4.69. The van der Waals surface area contributed by atoms with Crippen LogP contribution in [0.5, 0.6) is 0 Å². The number of aromatic nitrogens is 6. The van der Waals surface area contributed by atoms with Crippen molar-refractivity contribution in [3.63, 3.8) is 0 Å². The Kier molecular flexibility index (Phi) is 4.69. The number of piperidine rings is 1. The van der Waals surface area contributed by atoms with Crippen molar-refractivity contribution in [2.45, 2.75) is 25.3 Å². The smallest absolute Gasteiger partial charge is 0.270 e. The highest BCUT2D eigenvalue weighted by atomic mass is 16.1. The number of nitrogens with zero attached hydrogens (tertiary/aromatic N) is 5. The molecular weight excluding hydrogens is 332 g/mol. The first-order chi connectivity index (χ1) is 12.8. The zero-order valence-corrected chi connectivity index (χ0v) is 14.2. The van der Waals surface area contributed by atoms with Crippen molar-refractivity contribution in [3.8, 4) is 0 Å². The first kappa shape index (κ1) is 16.4. The van der Waals surface area contributed by atoms with Gasteiger partial charge in [-0.3, -0.25) is 14.8 Å². The fraction of sp³-hybridized carbons (Fsp3) is 0.353.